The number of fused-ring (bicyclic) bond motifs is 2. The smallest absolute Gasteiger partial charge is 0.165 e. The standard InChI is InChI=1S/C24H33NO4/c1-20(2,3)21(4,27)15-11-22-12-24(15,28-5)19-23(22)8-9-25-16(22)10-13-6-7-14(26)18(29-19)17(13)23/h6-7,15-16,19,25-27H,8-12H2,1-5H3/t15?,16?,19-,21?,22+,23?,24-/m1/s1. The van der Waals surface area contributed by atoms with Crippen LogP contribution < -0.4 is 10.1 Å². The van der Waals surface area contributed by atoms with Gasteiger partial charge in [0.25, 0.3) is 0 Å². The van der Waals surface area contributed by atoms with Crippen molar-refractivity contribution in [3.63, 3.8) is 0 Å². The second kappa shape index (κ2) is 4.95. The second-order valence-corrected chi connectivity index (χ2v) is 11.5. The Morgan fingerprint density at radius 3 is 2.69 bits per heavy atom. The molecule has 1 saturated heterocycles. The van der Waals surface area contributed by atoms with E-state index in [9.17, 15) is 10.2 Å². The van der Waals surface area contributed by atoms with Gasteiger partial charge in [-0.25, -0.2) is 0 Å². The molecule has 1 aromatic rings. The van der Waals surface area contributed by atoms with E-state index in [-0.39, 0.29) is 34.0 Å². The van der Waals surface area contributed by atoms with Crippen molar-refractivity contribution >= 4 is 0 Å². The molecule has 7 atom stereocenters. The fraction of sp³-hybridized carbons (Fsp3) is 0.750. The summed E-state index contributed by atoms with van der Waals surface area (Å²) in [5.41, 5.74) is 0.655. The van der Waals surface area contributed by atoms with Crippen LogP contribution in [0.2, 0.25) is 0 Å². The highest BCUT2D eigenvalue weighted by Gasteiger charge is 2.86. The van der Waals surface area contributed by atoms with Gasteiger partial charge in [-0.2, -0.15) is 0 Å². The Morgan fingerprint density at radius 1 is 1.24 bits per heavy atom. The lowest BCUT2D eigenvalue weighted by molar-refractivity contribution is -0.208. The van der Waals surface area contributed by atoms with E-state index in [2.05, 4.69) is 32.2 Å². The Morgan fingerprint density at radius 2 is 2.00 bits per heavy atom. The van der Waals surface area contributed by atoms with Crippen molar-refractivity contribution in [2.45, 2.75) is 82.1 Å². The zero-order valence-electron chi connectivity index (χ0n) is 18.1. The van der Waals surface area contributed by atoms with Crippen molar-refractivity contribution in [2.24, 2.45) is 16.7 Å². The third-order valence-electron chi connectivity index (χ3n) is 10.0. The maximum Gasteiger partial charge on any atom is 0.165 e. The summed E-state index contributed by atoms with van der Waals surface area (Å²) in [6, 6.07) is 4.22. The largest absolute Gasteiger partial charge is 0.504 e. The first-order valence-corrected chi connectivity index (χ1v) is 11.1. The lowest BCUT2D eigenvalue weighted by atomic mass is 9.46. The topological polar surface area (TPSA) is 71.0 Å². The number of phenols is 1. The number of piperidine rings is 1. The molecule has 3 N–H and O–H groups in total. The minimum Gasteiger partial charge on any atom is -0.504 e. The molecule has 4 bridgehead atoms. The Bertz CT molecular complexity index is 920. The normalized spacial score (nSPS) is 45.7. The Labute approximate surface area is 172 Å². The number of ether oxygens (including phenoxy) is 2. The van der Waals surface area contributed by atoms with Gasteiger partial charge in [-0.05, 0) is 56.2 Å². The van der Waals surface area contributed by atoms with E-state index < -0.39 is 11.2 Å². The Balaban J connectivity index is 1.63. The van der Waals surface area contributed by atoms with Gasteiger partial charge in [0.05, 0.1) is 5.60 Å². The van der Waals surface area contributed by atoms with E-state index in [4.69, 9.17) is 9.47 Å². The van der Waals surface area contributed by atoms with Crippen LogP contribution in [0.5, 0.6) is 11.5 Å². The van der Waals surface area contributed by atoms with Crippen LogP contribution in [0.15, 0.2) is 12.1 Å². The molecule has 2 heterocycles. The van der Waals surface area contributed by atoms with Crippen molar-refractivity contribution in [1.82, 2.24) is 5.32 Å². The summed E-state index contributed by atoms with van der Waals surface area (Å²) < 4.78 is 13.1. The van der Waals surface area contributed by atoms with Gasteiger partial charge in [0.15, 0.2) is 11.5 Å². The third kappa shape index (κ3) is 1.67. The summed E-state index contributed by atoms with van der Waals surface area (Å²) in [6.45, 7) is 9.29. The monoisotopic (exact) mass is 399 g/mol. The fourth-order valence-corrected chi connectivity index (χ4v) is 8.33. The van der Waals surface area contributed by atoms with Crippen LogP contribution >= 0.6 is 0 Å². The molecule has 158 valence electrons. The van der Waals surface area contributed by atoms with Crippen molar-refractivity contribution in [3.8, 4) is 11.5 Å². The highest BCUT2D eigenvalue weighted by Crippen LogP contribution is 2.80. The summed E-state index contributed by atoms with van der Waals surface area (Å²) in [5.74, 6) is 0.886. The summed E-state index contributed by atoms with van der Waals surface area (Å²) in [5, 5.41) is 26.4. The molecule has 2 aliphatic heterocycles. The minimum absolute atomic E-state index is 0.0160. The summed E-state index contributed by atoms with van der Waals surface area (Å²) in [4.78, 5) is 0. The zero-order chi connectivity index (χ0) is 20.6. The van der Waals surface area contributed by atoms with Crippen LogP contribution in [0.3, 0.4) is 0 Å². The molecule has 5 aliphatic rings. The van der Waals surface area contributed by atoms with Gasteiger partial charge in [0, 0.05) is 35.5 Å². The first kappa shape index (κ1) is 18.5. The molecule has 4 unspecified atom stereocenters. The second-order valence-electron chi connectivity index (χ2n) is 11.5. The van der Waals surface area contributed by atoms with Gasteiger partial charge in [-0.1, -0.05) is 26.8 Å². The molecular formula is C24H33NO4. The first-order valence-electron chi connectivity index (χ1n) is 11.1. The van der Waals surface area contributed by atoms with Gasteiger partial charge in [0.2, 0.25) is 0 Å². The van der Waals surface area contributed by atoms with E-state index in [1.54, 1.807) is 13.2 Å². The van der Waals surface area contributed by atoms with E-state index in [1.807, 2.05) is 6.92 Å². The highest BCUT2D eigenvalue weighted by atomic mass is 16.6. The van der Waals surface area contributed by atoms with Crippen molar-refractivity contribution in [1.29, 1.82) is 0 Å². The number of methoxy groups -OCH3 is 1. The Hall–Kier alpha value is -1.30. The van der Waals surface area contributed by atoms with E-state index in [0.29, 0.717) is 11.8 Å². The number of aromatic hydroxyl groups is 1. The van der Waals surface area contributed by atoms with Gasteiger partial charge in [-0.15, -0.1) is 0 Å². The molecule has 0 amide bonds. The van der Waals surface area contributed by atoms with Gasteiger partial charge >= 0.3 is 0 Å². The van der Waals surface area contributed by atoms with Crippen LogP contribution in [-0.4, -0.2) is 47.2 Å². The van der Waals surface area contributed by atoms with E-state index >= 15 is 0 Å². The first-order chi connectivity index (χ1) is 13.6. The number of nitrogens with one attached hydrogen (secondary N) is 1. The van der Waals surface area contributed by atoms with Crippen molar-refractivity contribution in [2.75, 3.05) is 13.7 Å². The molecule has 5 nitrogen and oxygen atoms in total. The molecule has 6 rings (SSSR count). The van der Waals surface area contributed by atoms with Crippen LogP contribution in [0.25, 0.3) is 0 Å². The van der Waals surface area contributed by atoms with E-state index in [0.717, 1.165) is 32.2 Å². The zero-order valence-corrected chi connectivity index (χ0v) is 18.1. The molecule has 2 saturated carbocycles. The molecular weight excluding hydrogens is 366 g/mol. The molecule has 3 aliphatic carbocycles. The quantitative estimate of drug-likeness (QED) is 0.713. The number of aliphatic hydroxyl groups is 1. The number of rotatable bonds is 2. The van der Waals surface area contributed by atoms with E-state index in [1.165, 1.54) is 11.1 Å². The molecule has 29 heavy (non-hydrogen) atoms. The number of benzene rings is 1. The molecule has 2 spiro atoms. The number of phenolic OH excluding ortho intramolecular Hbond substituents is 1. The maximum absolute atomic E-state index is 11.8. The van der Waals surface area contributed by atoms with Crippen LogP contribution in [0.4, 0.5) is 0 Å². The maximum atomic E-state index is 11.8. The van der Waals surface area contributed by atoms with Gasteiger partial charge < -0.3 is 25.0 Å². The molecule has 5 heteroatoms. The van der Waals surface area contributed by atoms with Crippen LogP contribution in [0, 0.1) is 16.7 Å². The summed E-state index contributed by atoms with van der Waals surface area (Å²) in [7, 11) is 1.79. The van der Waals surface area contributed by atoms with Crippen molar-refractivity contribution < 1.29 is 19.7 Å². The average Bonchev–Trinajstić information content (AvgIpc) is 3.24. The predicted octanol–water partition coefficient (Wildman–Crippen LogP) is 2.90. The fourth-order valence-electron chi connectivity index (χ4n) is 8.33. The Kier molecular flexibility index (Phi) is 3.15. The van der Waals surface area contributed by atoms with Crippen molar-refractivity contribution in [3.05, 3.63) is 23.3 Å². The lowest BCUT2D eigenvalue weighted by Crippen LogP contribution is -2.71. The number of hydrogen-bond acceptors (Lipinski definition) is 5. The minimum atomic E-state index is -0.900. The SMILES string of the molecule is CO[C@]12C[C@@]3(CC1C(C)(O)C(C)(C)C)C1Cc4ccc(O)c5c4C3(CCN1)[C@H]2O5. The van der Waals surface area contributed by atoms with Crippen LogP contribution in [-0.2, 0) is 16.6 Å². The van der Waals surface area contributed by atoms with Crippen LogP contribution in [0.1, 0.15) is 58.1 Å². The number of hydrogen-bond donors (Lipinski definition) is 3. The molecule has 3 fully saturated rings. The molecule has 0 aromatic heterocycles. The summed E-state index contributed by atoms with van der Waals surface area (Å²) >= 11 is 0. The third-order valence-corrected chi connectivity index (χ3v) is 10.0. The summed E-state index contributed by atoms with van der Waals surface area (Å²) in [6.07, 6.45) is 3.61. The molecule has 0 radical (unpaired) electrons. The van der Waals surface area contributed by atoms with Gasteiger partial charge in [0.1, 0.15) is 11.7 Å². The average molecular weight is 400 g/mol. The lowest BCUT2D eigenvalue weighted by Gasteiger charge is -2.61. The molecule has 1 aromatic carbocycles. The highest BCUT2D eigenvalue weighted by molar-refractivity contribution is 5.64. The van der Waals surface area contributed by atoms with Gasteiger partial charge in [-0.3, -0.25) is 0 Å². The predicted molar refractivity (Wildman–Crippen MR) is 109 cm³/mol.